The van der Waals surface area contributed by atoms with Crippen LogP contribution in [-0.4, -0.2) is 16.3 Å². The molecule has 1 aromatic carbocycles. The van der Waals surface area contributed by atoms with Crippen LogP contribution < -0.4 is 0 Å². The van der Waals surface area contributed by atoms with Gasteiger partial charge in [-0.15, -0.1) is 0 Å². The van der Waals surface area contributed by atoms with Crippen molar-refractivity contribution in [3.63, 3.8) is 0 Å². The largest absolute Gasteiger partial charge is 0.443 e. The summed E-state index contributed by atoms with van der Waals surface area (Å²) in [5.41, 5.74) is 0.553. The van der Waals surface area contributed by atoms with Crippen LogP contribution in [0.3, 0.4) is 0 Å². The Balaban J connectivity index is 0.00000106. The third-order valence-electron chi connectivity index (χ3n) is 2.65. The molecule has 1 heterocycles. The normalized spacial score (nSPS) is 11.0. The maximum atomic E-state index is 13.5. The third kappa shape index (κ3) is 3.76. The third-order valence-corrected chi connectivity index (χ3v) is 3.01. The smallest absolute Gasteiger partial charge is 0.419 e. The molecule has 0 saturated heterocycles. The Morgan fingerprint density at radius 2 is 1.86 bits per heavy atom. The van der Waals surface area contributed by atoms with Crippen molar-refractivity contribution in [1.82, 2.24) is 4.57 Å². The molecule has 5 heteroatoms. The summed E-state index contributed by atoms with van der Waals surface area (Å²) in [7, 11) is 0. The summed E-state index contributed by atoms with van der Waals surface area (Å²) in [4.78, 5) is 12.1. The Labute approximate surface area is 129 Å². The first-order chi connectivity index (χ1) is 9.70. The van der Waals surface area contributed by atoms with Crippen molar-refractivity contribution in [2.24, 2.45) is 0 Å². The molecule has 3 nitrogen and oxygen atoms in total. The standard InChI is InChI=1S/C14H15ClFNO2.C2H6/c1-8-7-17(13(18)19-14(2,3)4)12-9(8)5-6-10(16)11(12)15;1-2/h5-7H,1-4H3;1-2H3. The van der Waals surface area contributed by atoms with Gasteiger partial charge >= 0.3 is 6.09 Å². The van der Waals surface area contributed by atoms with Crippen LogP contribution in [0.4, 0.5) is 9.18 Å². The van der Waals surface area contributed by atoms with Crippen molar-refractivity contribution in [1.29, 1.82) is 0 Å². The maximum absolute atomic E-state index is 13.5. The Morgan fingerprint density at radius 1 is 1.29 bits per heavy atom. The van der Waals surface area contributed by atoms with Crippen molar-refractivity contribution in [3.05, 3.63) is 34.7 Å². The van der Waals surface area contributed by atoms with Gasteiger partial charge in [-0.2, -0.15) is 0 Å². The predicted octanol–water partition coefficient (Wildman–Crippen LogP) is 5.55. The van der Waals surface area contributed by atoms with Crippen LogP contribution in [0.25, 0.3) is 10.9 Å². The fraction of sp³-hybridized carbons (Fsp3) is 0.438. The van der Waals surface area contributed by atoms with Crippen LogP contribution in [0.5, 0.6) is 0 Å². The van der Waals surface area contributed by atoms with Gasteiger partial charge < -0.3 is 4.74 Å². The van der Waals surface area contributed by atoms with E-state index in [1.807, 2.05) is 20.8 Å². The van der Waals surface area contributed by atoms with E-state index in [-0.39, 0.29) is 5.02 Å². The monoisotopic (exact) mass is 313 g/mol. The lowest BCUT2D eigenvalue weighted by Crippen LogP contribution is -2.26. The van der Waals surface area contributed by atoms with Gasteiger partial charge in [0.1, 0.15) is 16.4 Å². The average molecular weight is 314 g/mol. The number of halogens is 2. The molecule has 0 aliphatic rings. The zero-order valence-electron chi connectivity index (χ0n) is 13.3. The molecule has 1 aromatic heterocycles. The molecule has 0 unspecified atom stereocenters. The molecular weight excluding hydrogens is 293 g/mol. The van der Waals surface area contributed by atoms with E-state index in [1.54, 1.807) is 33.0 Å². The highest BCUT2D eigenvalue weighted by Crippen LogP contribution is 2.30. The van der Waals surface area contributed by atoms with Gasteiger partial charge in [0.15, 0.2) is 0 Å². The second-order valence-electron chi connectivity index (χ2n) is 5.42. The lowest BCUT2D eigenvalue weighted by atomic mass is 10.2. The number of rotatable bonds is 0. The van der Waals surface area contributed by atoms with E-state index in [2.05, 4.69) is 0 Å². The Kier molecular flexibility index (Phi) is 5.40. The number of fused-ring (bicyclic) bond motifs is 1. The number of hydrogen-bond acceptors (Lipinski definition) is 2. The van der Waals surface area contributed by atoms with E-state index in [4.69, 9.17) is 16.3 Å². The summed E-state index contributed by atoms with van der Waals surface area (Å²) in [5, 5.41) is 0.661. The maximum Gasteiger partial charge on any atom is 0.419 e. The summed E-state index contributed by atoms with van der Waals surface area (Å²) in [6.07, 6.45) is 1.03. The number of carbonyl (C=O) groups is 1. The van der Waals surface area contributed by atoms with Gasteiger partial charge in [0.05, 0.1) is 5.52 Å². The number of benzene rings is 1. The van der Waals surface area contributed by atoms with Crippen LogP contribution in [0.1, 0.15) is 40.2 Å². The summed E-state index contributed by atoms with van der Waals surface area (Å²) >= 11 is 5.96. The molecule has 0 amide bonds. The minimum atomic E-state index is -0.624. The van der Waals surface area contributed by atoms with E-state index < -0.39 is 17.5 Å². The van der Waals surface area contributed by atoms with Gasteiger partial charge in [-0.25, -0.2) is 9.18 Å². The van der Waals surface area contributed by atoms with Crippen LogP contribution in [-0.2, 0) is 4.74 Å². The zero-order valence-corrected chi connectivity index (χ0v) is 14.0. The first-order valence-electron chi connectivity index (χ1n) is 6.90. The van der Waals surface area contributed by atoms with Crippen molar-refractivity contribution in [2.75, 3.05) is 0 Å². The van der Waals surface area contributed by atoms with Crippen molar-refractivity contribution in [2.45, 2.75) is 47.1 Å². The Morgan fingerprint density at radius 3 is 2.38 bits per heavy atom. The van der Waals surface area contributed by atoms with Crippen LogP contribution in [0, 0.1) is 12.7 Å². The highest BCUT2D eigenvalue weighted by atomic mass is 35.5. The Hall–Kier alpha value is -1.55. The molecule has 21 heavy (non-hydrogen) atoms. The number of ether oxygens (including phenoxy) is 1. The first kappa shape index (κ1) is 17.5. The summed E-state index contributed by atoms with van der Waals surface area (Å²) in [5.74, 6) is -0.558. The summed E-state index contributed by atoms with van der Waals surface area (Å²) < 4.78 is 20.1. The molecule has 2 rings (SSSR count). The fourth-order valence-corrected chi connectivity index (χ4v) is 2.13. The highest BCUT2D eigenvalue weighted by Gasteiger charge is 2.22. The SMILES string of the molecule is CC.Cc1cn(C(=O)OC(C)(C)C)c2c(Cl)c(F)ccc12. The predicted molar refractivity (Wildman–Crippen MR) is 84.6 cm³/mol. The number of carbonyl (C=O) groups excluding carboxylic acids is 1. The molecule has 0 bridgehead atoms. The number of hydrogen-bond donors (Lipinski definition) is 0. The molecule has 0 N–H and O–H groups in total. The van der Waals surface area contributed by atoms with Crippen molar-refractivity contribution < 1.29 is 13.9 Å². The molecule has 0 radical (unpaired) electrons. The molecule has 0 spiro atoms. The number of aromatic nitrogens is 1. The van der Waals surface area contributed by atoms with Gasteiger partial charge in [0, 0.05) is 11.6 Å². The van der Waals surface area contributed by atoms with Gasteiger partial charge in [0.2, 0.25) is 0 Å². The molecule has 0 aliphatic carbocycles. The Bertz CT molecular complexity index is 656. The lowest BCUT2D eigenvalue weighted by Gasteiger charge is -2.20. The van der Waals surface area contributed by atoms with Gasteiger partial charge in [-0.1, -0.05) is 25.4 Å². The van der Waals surface area contributed by atoms with Crippen LogP contribution in [0.15, 0.2) is 18.3 Å². The highest BCUT2D eigenvalue weighted by molar-refractivity contribution is 6.35. The molecule has 116 valence electrons. The molecular formula is C16H21ClFNO2. The minimum Gasteiger partial charge on any atom is -0.443 e. The molecule has 0 fully saturated rings. The van der Waals surface area contributed by atoms with E-state index in [9.17, 15) is 9.18 Å². The van der Waals surface area contributed by atoms with Gasteiger partial charge in [0.25, 0.3) is 0 Å². The number of nitrogens with zero attached hydrogens (tertiary/aromatic N) is 1. The molecule has 0 aliphatic heterocycles. The molecule has 2 aromatic rings. The van der Waals surface area contributed by atoms with E-state index in [0.29, 0.717) is 5.52 Å². The topological polar surface area (TPSA) is 31.2 Å². The fourth-order valence-electron chi connectivity index (χ4n) is 1.88. The van der Waals surface area contributed by atoms with Crippen molar-refractivity contribution in [3.8, 4) is 0 Å². The van der Waals surface area contributed by atoms with Crippen molar-refractivity contribution >= 4 is 28.6 Å². The van der Waals surface area contributed by atoms with Gasteiger partial charge in [-0.05, 0) is 45.4 Å². The number of aryl methyl sites for hydroxylation is 1. The van der Waals surface area contributed by atoms with Crippen LogP contribution in [0.2, 0.25) is 5.02 Å². The molecule has 0 saturated carbocycles. The quantitative estimate of drug-likeness (QED) is 0.638. The average Bonchev–Trinajstić information content (AvgIpc) is 2.72. The van der Waals surface area contributed by atoms with E-state index in [0.717, 1.165) is 10.9 Å². The summed E-state index contributed by atoms with van der Waals surface area (Å²) in [6, 6.07) is 2.89. The van der Waals surface area contributed by atoms with Gasteiger partial charge in [-0.3, -0.25) is 4.57 Å². The van der Waals surface area contributed by atoms with E-state index in [1.165, 1.54) is 10.6 Å². The second kappa shape index (κ2) is 6.48. The summed E-state index contributed by atoms with van der Waals surface area (Å²) in [6.45, 7) is 11.1. The first-order valence-corrected chi connectivity index (χ1v) is 7.27. The zero-order chi connectivity index (χ0) is 16.4. The van der Waals surface area contributed by atoms with E-state index >= 15 is 0 Å². The minimum absolute atomic E-state index is 0.0727. The second-order valence-corrected chi connectivity index (χ2v) is 5.80. The lowest BCUT2D eigenvalue weighted by molar-refractivity contribution is 0.0544. The molecule has 0 atom stereocenters. The van der Waals surface area contributed by atoms with Crippen LogP contribution >= 0.6 is 11.6 Å².